The van der Waals surface area contributed by atoms with Gasteiger partial charge in [0.1, 0.15) is 5.75 Å². The molecule has 5 aromatic rings. The number of H-pyrrole nitrogens is 1. The molecule has 172 valence electrons. The van der Waals surface area contributed by atoms with E-state index < -0.39 is 0 Å². The van der Waals surface area contributed by atoms with E-state index in [4.69, 9.17) is 14.7 Å². The SMILES string of the molecule is COc1cncc(-c2nc(NC3CCc4[nH]c5ccccc5c4C3)n3ncc(C(C)C)c3n2)c1. The summed E-state index contributed by atoms with van der Waals surface area (Å²) in [5.74, 6) is 2.27. The van der Waals surface area contributed by atoms with Gasteiger partial charge >= 0.3 is 0 Å². The number of nitrogens with one attached hydrogen (secondary N) is 2. The predicted molar refractivity (Wildman–Crippen MR) is 132 cm³/mol. The molecule has 6 rings (SSSR count). The Balaban J connectivity index is 1.41. The van der Waals surface area contributed by atoms with Gasteiger partial charge in [-0.2, -0.15) is 14.6 Å². The van der Waals surface area contributed by atoms with Gasteiger partial charge in [0.2, 0.25) is 5.95 Å². The van der Waals surface area contributed by atoms with E-state index in [0.29, 0.717) is 23.4 Å². The summed E-state index contributed by atoms with van der Waals surface area (Å²) < 4.78 is 7.20. The molecule has 8 heteroatoms. The minimum Gasteiger partial charge on any atom is -0.495 e. The number of ether oxygens (including phenoxy) is 1. The topological polar surface area (TPSA) is 93.0 Å². The van der Waals surface area contributed by atoms with E-state index in [1.165, 1.54) is 22.2 Å². The Hall–Kier alpha value is -3.94. The van der Waals surface area contributed by atoms with Gasteiger partial charge in [-0.25, -0.2) is 4.98 Å². The minimum absolute atomic E-state index is 0.243. The van der Waals surface area contributed by atoms with Crippen molar-refractivity contribution in [2.75, 3.05) is 12.4 Å². The van der Waals surface area contributed by atoms with E-state index in [2.05, 4.69) is 58.5 Å². The van der Waals surface area contributed by atoms with Gasteiger partial charge in [0.25, 0.3) is 0 Å². The smallest absolute Gasteiger partial charge is 0.228 e. The van der Waals surface area contributed by atoms with E-state index in [1.54, 1.807) is 19.5 Å². The van der Waals surface area contributed by atoms with Crippen molar-refractivity contribution in [3.63, 3.8) is 0 Å². The molecule has 1 aliphatic rings. The third-order valence-electron chi connectivity index (χ3n) is 6.65. The Morgan fingerprint density at radius 3 is 2.88 bits per heavy atom. The number of aryl methyl sites for hydroxylation is 1. The monoisotopic (exact) mass is 453 g/mol. The highest BCUT2D eigenvalue weighted by Crippen LogP contribution is 2.31. The van der Waals surface area contributed by atoms with Crippen LogP contribution in [-0.4, -0.2) is 42.7 Å². The van der Waals surface area contributed by atoms with Crippen LogP contribution in [0.4, 0.5) is 5.95 Å². The summed E-state index contributed by atoms with van der Waals surface area (Å²) in [6.45, 7) is 4.30. The highest BCUT2D eigenvalue weighted by Gasteiger charge is 2.24. The number of aromatic nitrogens is 6. The van der Waals surface area contributed by atoms with Crippen LogP contribution in [0.25, 0.3) is 27.9 Å². The summed E-state index contributed by atoms with van der Waals surface area (Å²) in [6, 6.07) is 10.7. The second kappa shape index (κ2) is 8.13. The number of pyridine rings is 1. The second-order valence-electron chi connectivity index (χ2n) is 9.19. The van der Waals surface area contributed by atoms with E-state index in [1.807, 2.05) is 16.8 Å². The number of para-hydroxylation sites is 1. The van der Waals surface area contributed by atoms with Crippen molar-refractivity contribution in [2.24, 2.45) is 0 Å². The molecule has 0 saturated carbocycles. The van der Waals surface area contributed by atoms with E-state index in [0.717, 1.165) is 36.0 Å². The van der Waals surface area contributed by atoms with Crippen LogP contribution >= 0.6 is 0 Å². The first-order chi connectivity index (χ1) is 16.6. The average Bonchev–Trinajstić information content (AvgIpc) is 3.46. The lowest BCUT2D eigenvalue weighted by molar-refractivity contribution is 0.413. The predicted octanol–water partition coefficient (Wildman–Crippen LogP) is 4.77. The van der Waals surface area contributed by atoms with Gasteiger partial charge in [-0.3, -0.25) is 4.98 Å². The summed E-state index contributed by atoms with van der Waals surface area (Å²) in [5.41, 5.74) is 6.66. The van der Waals surface area contributed by atoms with Crippen LogP contribution in [0, 0.1) is 0 Å². The molecule has 0 fully saturated rings. The van der Waals surface area contributed by atoms with Crippen molar-refractivity contribution in [3.8, 4) is 17.1 Å². The lowest BCUT2D eigenvalue weighted by Gasteiger charge is -2.24. The maximum atomic E-state index is 5.37. The molecule has 34 heavy (non-hydrogen) atoms. The Bertz CT molecular complexity index is 1500. The Labute approximate surface area is 197 Å². The zero-order valence-electron chi connectivity index (χ0n) is 19.5. The molecule has 4 aromatic heterocycles. The number of aromatic amines is 1. The molecule has 0 saturated heterocycles. The number of nitrogens with zero attached hydrogens (tertiary/aromatic N) is 5. The van der Waals surface area contributed by atoms with Gasteiger partial charge in [0.05, 0.1) is 19.5 Å². The molecule has 8 nitrogen and oxygen atoms in total. The highest BCUT2D eigenvalue weighted by atomic mass is 16.5. The number of hydrogen-bond acceptors (Lipinski definition) is 6. The maximum Gasteiger partial charge on any atom is 0.228 e. The summed E-state index contributed by atoms with van der Waals surface area (Å²) in [7, 11) is 1.63. The number of anilines is 1. The van der Waals surface area contributed by atoms with Crippen LogP contribution in [0.1, 0.15) is 43.0 Å². The quantitative estimate of drug-likeness (QED) is 0.398. The van der Waals surface area contributed by atoms with Crippen LogP contribution in [0.3, 0.4) is 0 Å². The third kappa shape index (κ3) is 3.46. The largest absolute Gasteiger partial charge is 0.495 e. The average molecular weight is 454 g/mol. The van der Waals surface area contributed by atoms with Crippen LogP contribution in [0.2, 0.25) is 0 Å². The summed E-state index contributed by atoms with van der Waals surface area (Å²) in [6.07, 6.45) is 8.28. The molecule has 0 radical (unpaired) electrons. The third-order valence-corrected chi connectivity index (χ3v) is 6.65. The molecule has 0 bridgehead atoms. The van der Waals surface area contributed by atoms with E-state index in [9.17, 15) is 0 Å². The zero-order valence-corrected chi connectivity index (χ0v) is 19.5. The van der Waals surface area contributed by atoms with Gasteiger partial charge in [0.15, 0.2) is 11.5 Å². The molecule has 4 heterocycles. The molecular weight excluding hydrogens is 426 g/mol. The molecule has 1 aromatic carbocycles. The summed E-state index contributed by atoms with van der Waals surface area (Å²) in [4.78, 5) is 17.7. The fourth-order valence-electron chi connectivity index (χ4n) is 4.85. The Kier molecular flexibility index (Phi) is 4.94. The molecule has 0 amide bonds. The number of hydrogen-bond donors (Lipinski definition) is 2. The molecule has 1 atom stereocenters. The number of methoxy groups -OCH3 is 1. The molecule has 1 unspecified atom stereocenters. The summed E-state index contributed by atoms with van der Waals surface area (Å²) in [5, 5.41) is 9.64. The molecular formula is C26H27N7O. The normalized spacial score (nSPS) is 15.7. The molecule has 1 aliphatic carbocycles. The first-order valence-electron chi connectivity index (χ1n) is 11.7. The first kappa shape index (κ1) is 20.7. The van der Waals surface area contributed by atoms with Gasteiger partial charge in [-0.15, -0.1) is 0 Å². The zero-order chi connectivity index (χ0) is 23.2. The highest BCUT2D eigenvalue weighted by molar-refractivity contribution is 5.85. The molecule has 0 aliphatic heterocycles. The lowest BCUT2D eigenvalue weighted by Crippen LogP contribution is -2.29. The van der Waals surface area contributed by atoms with Crippen LogP contribution in [-0.2, 0) is 12.8 Å². The maximum absolute atomic E-state index is 5.37. The fraction of sp³-hybridized carbons (Fsp3) is 0.308. The standard InChI is InChI=1S/C26H27N7O/c1-15(2)21-14-28-33-25(21)31-24(16-10-18(34-3)13-27-12-16)32-26(33)29-17-8-9-23-20(11-17)19-6-4-5-7-22(19)30-23/h4-7,10,12-15,17,30H,8-9,11H2,1-3H3,(H,29,31,32). The van der Waals surface area contributed by atoms with E-state index in [-0.39, 0.29) is 6.04 Å². The van der Waals surface area contributed by atoms with Crippen LogP contribution < -0.4 is 10.1 Å². The number of rotatable bonds is 5. The van der Waals surface area contributed by atoms with Crippen molar-refractivity contribution in [3.05, 3.63) is 65.7 Å². The molecule has 0 spiro atoms. The van der Waals surface area contributed by atoms with Gasteiger partial charge in [-0.05, 0) is 42.9 Å². The van der Waals surface area contributed by atoms with E-state index >= 15 is 0 Å². The first-order valence-corrected chi connectivity index (χ1v) is 11.7. The Morgan fingerprint density at radius 2 is 2.03 bits per heavy atom. The van der Waals surface area contributed by atoms with Crippen molar-refractivity contribution < 1.29 is 4.74 Å². The van der Waals surface area contributed by atoms with Gasteiger partial charge in [0, 0.05) is 40.0 Å². The Morgan fingerprint density at radius 1 is 1.15 bits per heavy atom. The van der Waals surface area contributed by atoms with Gasteiger partial charge in [-0.1, -0.05) is 32.0 Å². The van der Waals surface area contributed by atoms with Crippen molar-refractivity contribution >= 4 is 22.5 Å². The van der Waals surface area contributed by atoms with Crippen molar-refractivity contribution in [2.45, 2.75) is 45.1 Å². The van der Waals surface area contributed by atoms with Crippen LogP contribution in [0.5, 0.6) is 5.75 Å². The number of fused-ring (bicyclic) bond motifs is 4. The van der Waals surface area contributed by atoms with Crippen LogP contribution in [0.15, 0.2) is 48.9 Å². The minimum atomic E-state index is 0.243. The summed E-state index contributed by atoms with van der Waals surface area (Å²) >= 11 is 0. The fourth-order valence-corrected chi connectivity index (χ4v) is 4.85. The van der Waals surface area contributed by atoms with Gasteiger partial charge < -0.3 is 15.0 Å². The number of benzene rings is 1. The molecule has 2 N–H and O–H groups in total. The second-order valence-corrected chi connectivity index (χ2v) is 9.19. The van der Waals surface area contributed by atoms with Crippen molar-refractivity contribution in [1.29, 1.82) is 0 Å². The lowest BCUT2D eigenvalue weighted by atomic mass is 9.91. The van der Waals surface area contributed by atoms with Crippen molar-refractivity contribution in [1.82, 2.24) is 29.5 Å².